The first-order chi connectivity index (χ1) is 13.5. The van der Waals surface area contributed by atoms with Gasteiger partial charge in [0.25, 0.3) is 5.91 Å². The molecule has 0 spiro atoms. The number of oxazole rings is 1. The molecular weight excluding hydrogens is 356 g/mol. The van der Waals surface area contributed by atoms with Crippen molar-refractivity contribution in [3.8, 4) is 0 Å². The first kappa shape index (κ1) is 19.1. The van der Waals surface area contributed by atoms with Gasteiger partial charge in [0, 0.05) is 46.1 Å². The third-order valence-corrected chi connectivity index (χ3v) is 6.09. The van der Waals surface area contributed by atoms with Crippen molar-refractivity contribution in [3.05, 3.63) is 47.4 Å². The number of amides is 1. The minimum atomic E-state index is -0.175. The van der Waals surface area contributed by atoms with Crippen LogP contribution in [-0.4, -0.2) is 53.1 Å². The molecule has 2 fully saturated rings. The molecule has 1 saturated carbocycles. The molecule has 7 nitrogen and oxygen atoms in total. The van der Waals surface area contributed by atoms with Crippen molar-refractivity contribution in [1.82, 2.24) is 20.2 Å². The van der Waals surface area contributed by atoms with E-state index < -0.39 is 0 Å². The second kappa shape index (κ2) is 8.01. The van der Waals surface area contributed by atoms with Gasteiger partial charge in [0.05, 0.1) is 12.1 Å². The van der Waals surface area contributed by atoms with Crippen molar-refractivity contribution in [1.29, 1.82) is 0 Å². The number of hydrogen-bond acceptors (Lipinski definition) is 6. The normalized spacial score (nSPS) is 27.5. The topological polar surface area (TPSA) is 80.5 Å². The number of rotatable bonds is 5. The number of nitrogens with one attached hydrogen (secondary N) is 1. The van der Waals surface area contributed by atoms with E-state index >= 15 is 0 Å². The van der Waals surface area contributed by atoms with Crippen LogP contribution in [-0.2, 0) is 11.3 Å². The van der Waals surface area contributed by atoms with Crippen LogP contribution in [0.15, 0.2) is 28.9 Å². The van der Waals surface area contributed by atoms with Gasteiger partial charge >= 0.3 is 0 Å². The molecule has 0 aromatic carbocycles. The van der Waals surface area contributed by atoms with E-state index in [0.29, 0.717) is 29.2 Å². The second-order valence-electron chi connectivity index (χ2n) is 8.03. The Kier molecular flexibility index (Phi) is 5.46. The highest BCUT2D eigenvalue weighted by Crippen LogP contribution is 2.38. The van der Waals surface area contributed by atoms with Gasteiger partial charge < -0.3 is 14.5 Å². The van der Waals surface area contributed by atoms with Crippen molar-refractivity contribution in [3.63, 3.8) is 0 Å². The summed E-state index contributed by atoms with van der Waals surface area (Å²) in [6, 6.07) is 4.15. The van der Waals surface area contributed by atoms with Gasteiger partial charge in [0.1, 0.15) is 5.76 Å². The fourth-order valence-electron chi connectivity index (χ4n) is 4.77. The summed E-state index contributed by atoms with van der Waals surface area (Å²) in [6.07, 6.45) is 5.62. The Bertz CT molecular complexity index is 822. The van der Waals surface area contributed by atoms with E-state index in [0.717, 1.165) is 32.5 Å². The predicted octanol–water partition coefficient (Wildman–Crippen LogP) is 2.34. The molecule has 0 bridgehead atoms. The van der Waals surface area contributed by atoms with E-state index in [1.807, 2.05) is 12.4 Å². The largest absolute Gasteiger partial charge is 0.445 e. The molecule has 2 aromatic rings. The van der Waals surface area contributed by atoms with E-state index in [4.69, 9.17) is 9.15 Å². The summed E-state index contributed by atoms with van der Waals surface area (Å²) >= 11 is 0. The average molecular weight is 384 g/mol. The maximum absolute atomic E-state index is 12.7. The molecule has 7 heteroatoms. The third kappa shape index (κ3) is 3.95. The lowest BCUT2D eigenvalue weighted by atomic mass is 9.77. The zero-order chi connectivity index (χ0) is 19.7. The Morgan fingerprint density at radius 1 is 1.25 bits per heavy atom. The zero-order valence-corrected chi connectivity index (χ0v) is 16.7. The van der Waals surface area contributed by atoms with E-state index in [1.54, 1.807) is 21.0 Å². The highest BCUT2D eigenvalue weighted by atomic mass is 16.5. The van der Waals surface area contributed by atoms with Gasteiger partial charge in [-0.25, -0.2) is 4.98 Å². The Labute approximate surface area is 165 Å². The molecule has 1 aliphatic heterocycles. The van der Waals surface area contributed by atoms with Crippen LogP contribution in [0.1, 0.15) is 40.5 Å². The minimum Gasteiger partial charge on any atom is -0.445 e. The monoisotopic (exact) mass is 384 g/mol. The average Bonchev–Trinajstić information content (AvgIpc) is 3.22. The van der Waals surface area contributed by atoms with Crippen molar-refractivity contribution in [2.24, 2.45) is 11.8 Å². The zero-order valence-electron chi connectivity index (χ0n) is 16.7. The van der Waals surface area contributed by atoms with Gasteiger partial charge in [-0.1, -0.05) is 0 Å². The van der Waals surface area contributed by atoms with Crippen molar-refractivity contribution >= 4 is 5.91 Å². The quantitative estimate of drug-likeness (QED) is 0.852. The number of pyridine rings is 1. The molecule has 1 N–H and O–H groups in total. The number of carbonyl (C=O) groups excluding carboxylic acids is 1. The van der Waals surface area contributed by atoms with Crippen LogP contribution in [0, 0.1) is 25.7 Å². The van der Waals surface area contributed by atoms with Gasteiger partial charge in [-0.2, -0.15) is 0 Å². The summed E-state index contributed by atoms with van der Waals surface area (Å²) in [5.41, 5.74) is 1.67. The molecule has 2 aromatic heterocycles. The van der Waals surface area contributed by atoms with Gasteiger partial charge in [-0.15, -0.1) is 0 Å². The Morgan fingerprint density at radius 2 is 1.96 bits per heavy atom. The molecule has 1 amide bonds. The van der Waals surface area contributed by atoms with Crippen molar-refractivity contribution in [2.45, 2.75) is 45.4 Å². The number of fused-ring (bicyclic) bond motifs is 1. The fourth-order valence-corrected chi connectivity index (χ4v) is 4.77. The second-order valence-corrected chi connectivity index (χ2v) is 8.03. The summed E-state index contributed by atoms with van der Waals surface area (Å²) in [5.74, 6) is 2.07. The van der Waals surface area contributed by atoms with Gasteiger partial charge in [0.2, 0.25) is 0 Å². The van der Waals surface area contributed by atoms with E-state index in [1.165, 1.54) is 5.56 Å². The lowest BCUT2D eigenvalue weighted by Crippen LogP contribution is -2.50. The number of aromatic nitrogens is 2. The Morgan fingerprint density at radius 3 is 2.61 bits per heavy atom. The van der Waals surface area contributed by atoms with Gasteiger partial charge in [-0.05, 0) is 49.3 Å². The van der Waals surface area contributed by atoms with Crippen molar-refractivity contribution in [2.75, 3.05) is 20.2 Å². The molecule has 4 atom stereocenters. The maximum Gasteiger partial charge on any atom is 0.273 e. The SMILES string of the molecule is CO[C@H]1C[C@@H]2CN(Cc3ccncc3)C[C@@H]2C[C@@H]1NC(=O)c1nc(C)oc1C. The van der Waals surface area contributed by atoms with E-state index in [9.17, 15) is 4.79 Å². The molecule has 150 valence electrons. The molecule has 1 saturated heterocycles. The van der Waals surface area contributed by atoms with E-state index in [-0.39, 0.29) is 18.1 Å². The number of aryl methyl sites for hydroxylation is 2. The first-order valence-electron chi connectivity index (χ1n) is 9.92. The molecule has 4 rings (SSSR count). The Balaban J connectivity index is 1.40. The first-order valence-corrected chi connectivity index (χ1v) is 9.92. The van der Waals surface area contributed by atoms with Crippen molar-refractivity contribution < 1.29 is 13.9 Å². The highest BCUT2D eigenvalue weighted by Gasteiger charge is 2.43. The van der Waals surface area contributed by atoms with Crippen LogP contribution >= 0.6 is 0 Å². The Hall–Kier alpha value is -2.25. The van der Waals surface area contributed by atoms with Crippen LogP contribution in [0.5, 0.6) is 0 Å². The number of hydrogen-bond donors (Lipinski definition) is 1. The molecule has 2 aliphatic rings. The summed E-state index contributed by atoms with van der Waals surface area (Å²) in [6.45, 7) is 6.60. The van der Waals surface area contributed by atoms with Crippen LogP contribution in [0.2, 0.25) is 0 Å². The maximum atomic E-state index is 12.7. The molecule has 0 unspecified atom stereocenters. The molecule has 0 radical (unpaired) electrons. The molecule has 28 heavy (non-hydrogen) atoms. The van der Waals surface area contributed by atoms with Crippen LogP contribution in [0.25, 0.3) is 0 Å². The fraction of sp³-hybridized carbons (Fsp3) is 0.571. The molecule has 3 heterocycles. The standard InChI is InChI=1S/C21H28N4O3/c1-13-20(23-14(2)28-13)21(26)24-18-8-16-11-25(10-15-4-6-22-7-5-15)12-17(16)9-19(18)27-3/h4-7,16-19H,8-12H2,1-3H3,(H,24,26)/t16-,17+,18-,19-/m0/s1. The minimum absolute atomic E-state index is 0.00367. The summed E-state index contributed by atoms with van der Waals surface area (Å²) in [7, 11) is 1.74. The lowest BCUT2D eigenvalue weighted by molar-refractivity contribution is 0.0124. The smallest absolute Gasteiger partial charge is 0.273 e. The highest BCUT2D eigenvalue weighted by molar-refractivity contribution is 5.93. The summed E-state index contributed by atoms with van der Waals surface area (Å²) in [5, 5.41) is 3.15. The molecular formula is C21H28N4O3. The predicted molar refractivity (Wildman–Crippen MR) is 104 cm³/mol. The van der Waals surface area contributed by atoms with Gasteiger partial charge in [-0.3, -0.25) is 14.7 Å². The lowest BCUT2D eigenvalue weighted by Gasteiger charge is -2.37. The summed E-state index contributed by atoms with van der Waals surface area (Å²) < 4.78 is 11.2. The number of methoxy groups -OCH3 is 1. The number of ether oxygens (including phenoxy) is 1. The van der Waals surface area contributed by atoms with E-state index in [2.05, 4.69) is 32.3 Å². The number of likely N-dealkylation sites (tertiary alicyclic amines) is 1. The van der Waals surface area contributed by atoms with Crippen LogP contribution in [0.3, 0.4) is 0 Å². The van der Waals surface area contributed by atoms with Crippen LogP contribution < -0.4 is 5.32 Å². The summed E-state index contributed by atoms with van der Waals surface area (Å²) in [4.78, 5) is 23.5. The number of nitrogens with zero attached hydrogens (tertiary/aromatic N) is 3. The molecule has 1 aliphatic carbocycles. The van der Waals surface area contributed by atoms with Crippen LogP contribution in [0.4, 0.5) is 0 Å². The van der Waals surface area contributed by atoms with Gasteiger partial charge in [0.15, 0.2) is 11.6 Å². The third-order valence-electron chi connectivity index (χ3n) is 6.09. The number of carbonyl (C=O) groups is 1.